The summed E-state index contributed by atoms with van der Waals surface area (Å²) in [4.78, 5) is 0. The predicted molar refractivity (Wildman–Crippen MR) is 49.9 cm³/mol. The summed E-state index contributed by atoms with van der Waals surface area (Å²) in [5, 5.41) is 5.11. The molecule has 0 aliphatic rings. The van der Waals surface area contributed by atoms with Crippen LogP contribution < -0.4 is 0 Å². The Hall–Kier alpha value is -0.310. The molecule has 1 aromatic heterocycles. The lowest BCUT2D eigenvalue weighted by Crippen LogP contribution is -2.24. The molecule has 0 bridgehead atoms. The number of hydrogen-bond donors (Lipinski definition) is 0. The van der Waals surface area contributed by atoms with Crippen LogP contribution in [0.15, 0.2) is 12.3 Å². The maximum Gasteiger partial charge on any atom is 0.0547 e. The molecule has 0 saturated carbocycles. The van der Waals surface area contributed by atoms with Gasteiger partial charge >= 0.3 is 0 Å². The third-order valence-electron chi connectivity index (χ3n) is 1.49. The number of nitrogens with zero attached hydrogens (tertiary/aromatic N) is 2. The van der Waals surface area contributed by atoms with Gasteiger partial charge in [0.25, 0.3) is 0 Å². The lowest BCUT2D eigenvalue weighted by atomic mass is 10.1. The lowest BCUT2D eigenvalue weighted by molar-refractivity contribution is 0.347. The average Bonchev–Trinajstić information content (AvgIpc) is 2.31. The Kier molecular flexibility index (Phi) is 2.37. The van der Waals surface area contributed by atoms with Crippen molar-refractivity contribution in [3.05, 3.63) is 18.0 Å². The Balaban J connectivity index is 3.02. The zero-order chi connectivity index (χ0) is 8.48. The van der Waals surface area contributed by atoms with Gasteiger partial charge in [-0.15, -0.1) is 0 Å². The monoisotopic (exact) mass is 216 g/mol. The Labute approximate surface area is 75.7 Å². The van der Waals surface area contributed by atoms with E-state index in [1.807, 2.05) is 16.9 Å². The van der Waals surface area contributed by atoms with Crippen molar-refractivity contribution in [2.75, 3.05) is 0 Å². The van der Waals surface area contributed by atoms with Gasteiger partial charge in [0.1, 0.15) is 0 Å². The second-order valence-corrected chi connectivity index (χ2v) is 4.10. The highest BCUT2D eigenvalue weighted by Crippen LogP contribution is 2.16. The van der Waals surface area contributed by atoms with E-state index in [-0.39, 0.29) is 5.54 Å². The predicted octanol–water partition coefficient (Wildman–Crippen LogP) is 2.53. The van der Waals surface area contributed by atoms with E-state index in [0.717, 1.165) is 5.33 Å². The third-order valence-corrected chi connectivity index (χ3v) is 2.07. The van der Waals surface area contributed by atoms with Gasteiger partial charge in [0.15, 0.2) is 0 Å². The molecule has 1 aromatic rings. The first-order valence-corrected chi connectivity index (χ1v) is 4.77. The minimum Gasteiger partial charge on any atom is -0.263 e. The highest BCUT2D eigenvalue weighted by Gasteiger charge is 2.15. The topological polar surface area (TPSA) is 17.8 Å². The molecule has 0 aromatic carbocycles. The molecule has 2 nitrogen and oxygen atoms in total. The van der Waals surface area contributed by atoms with Crippen molar-refractivity contribution >= 4 is 15.9 Å². The zero-order valence-electron chi connectivity index (χ0n) is 7.13. The molecule has 1 rings (SSSR count). The molecule has 0 saturated heterocycles. The van der Waals surface area contributed by atoms with Gasteiger partial charge in [-0.25, -0.2) is 0 Å². The van der Waals surface area contributed by atoms with E-state index in [1.165, 1.54) is 5.69 Å². The zero-order valence-corrected chi connectivity index (χ0v) is 8.72. The average molecular weight is 217 g/mol. The second kappa shape index (κ2) is 2.97. The van der Waals surface area contributed by atoms with Crippen molar-refractivity contribution in [1.29, 1.82) is 0 Å². The largest absolute Gasteiger partial charge is 0.263 e. The Bertz CT molecular complexity index is 234. The van der Waals surface area contributed by atoms with Crippen LogP contribution in [-0.4, -0.2) is 9.78 Å². The van der Waals surface area contributed by atoms with E-state index >= 15 is 0 Å². The van der Waals surface area contributed by atoms with Crippen LogP contribution in [0.3, 0.4) is 0 Å². The van der Waals surface area contributed by atoms with Crippen LogP contribution in [0.1, 0.15) is 26.5 Å². The highest BCUT2D eigenvalue weighted by molar-refractivity contribution is 9.08. The van der Waals surface area contributed by atoms with Crippen molar-refractivity contribution in [2.45, 2.75) is 31.6 Å². The van der Waals surface area contributed by atoms with Gasteiger partial charge in [0.2, 0.25) is 0 Å². The second-order valence-electron chi connectivity index (χ2n) is 3.54. The molecule has 11 heavy (non-hydrogen) atoms. The van der Waals surface area contributed by atoms with Gasteiger partial charge in [-0.1, -0.05) is 15.9 Å². The van der Waals surface area contributed by atoms with Crippen LogP contribution in [0.5, 0.6) is 0 Å². The Morgan fingerprint density at radius 3 is 2.55 bits per heavy atom. The summed E-state index contributed by atoms with van der Waals surface area (Å²) in [5.74, 6) is 0. The summed E-state index contributed by atoms with van der Waals surface area (Å²) < 4.78 is 2.03. The number of hydrogen-bond acceptors (Lipinski definition) is 1. The molecule has 0 amide bonds. The number of rotatable bonds is 1. The van der Waals surface area contributed by atoms with Crippen LogP contribution in [-0.2, 0) is 10.9 Å². The maximum absolute atomic E-state index is 4.24. The molecule has 0 fully saturated rings. The van der Waals surface area contributed by atoms with Gasteiger partial charge < -0.3 is 0 Å². The molecular formula is C8H13BrN2. The van der Waals surface area contributed by atoms with E-state index in [4.69, 9.17) is 0 Å². The van der Waals surface area contributed by atoms with Crippen molar-refractivity contribution < 1.29 is 0 Å². The first kappa shape index (κ1) is 8.78. The molecule has 0 N–H and O–H groups in total. The Morgan fingerprint density at radius 2 is 2.18 bits per heavy atom. The number of alkyl halides is 1. The van der Waals surface area contributed by atoms with Gasteiger partial charge in [0.05, 0.1) is 5.54 Å². The molecule has 0 aliphatic heterocycles. The highest BCUT2D eigenvalue weighted by atomic mass is 79.9. The van der Waals surface area contributed by atoms with E-state index in [2.05, 4.69) is 41.8 Å². The molecule has 62 valence electrons. The third kappa shape index (κ3) is 1.83. The van der Waals surface area contributed by atoms with E-state index in [9.17, 15) is 0 Å². The van der Waals surface area contributed by atoms with Crippen molar-refractivity contribution in [1.82, 2.24) is 9.78 Å². The fourth-order valence-electron chi connectivity index (χ4n) is 1.04. The fraction of sp³-hybridized carbons (Fsp3) is 0.625. The first-order valence-electron chi connectivity index (χ1n) is 3.65. The van der Waals surface area contributed by atoms with Crippen molar-refractivity contribution in [2.24, 2.45) is 0 Å². The summed E-state index contributed by atoms with van der Waals surface area (Å²) in [7, 11) is 0. The van der Waals surface area contributed by atoms with Crippen LogP contribution in [0, 0.1) is 0 Å². The molecule has 0 unspecified atom stereocenters. The smallest absolute Gasteiger partial charge is 0.0547 e. The summed E-state index contributed by atoms with van der Waals surface area (Å²) >= 11 is 3.42. The molecule has 0 spiro atoms. The van der Waals surface area contributed by atoms with Crippen molar-refractivity contribution in [3.8, 4) is 0 Å². The normalized spacial score (nSPS) is 12.0. The molecule has 1 heterocycles. The van der Waals surface area contributed by atoms with Gasteiger partial charge in [-0.2, -0.15) is 5.10 Å². The van der Waals surface area contributed by atoms with Crippen LogP contribution in [0.4, 0.5) is 0 Å². The SMILES string of the molecule is CC(C)(C)n1nccc1CBr. The summed E-state index contributed by atoms with van der Waals surface area (Å²) in [6.07, 6.45) is 1.84. The summed E-state index contributed by atoms with van der Waals surface area (Å²) in [6.45, 7) is 6.44. The molecule has 0 radical (unpaired) electrons. The summed E-state index contributed by atoms with van der Waals surface area (Å²) in [6, 6.07) is 2.03. The minimum atomic E-state index is 0.0899. The van der Waals surface area contributed by atoms with Crippen LogP contribution in [0.25, 0.3) is 0 Å². The van der Waals surface area contributed by atoms with Gasteiger partial charge in [-0.3, -0.25) is 4.68 Å². The fourth-order valence-corrected chi connectivity index (χ4v) is 1.46. The van der Waals surface area contributed by atoms with E-state index in [1.54, 1.807) is 0 Å². The van der Waals surface area contributed by atoms with Crippen molar-refractivity contribution in [3.63, 3.8) is 0 Å². The summed E-state index contributed by atoms with van der Waals surface area (Å²) in [5.41, 5.74) is 1.31. The van der Waals surface area contributed by atoms with E-state index < -0.39 is 0 Å². The van der Waals surface area contributed by atoms with Crippen LogP contribution >= 0.6 is 15.9 Å². The quantitative estimate of drug-likeness (QED) is 0.661. The first-order chi connectivity index (χ1) is 5.05. The van der Waals surface area contributed by atoms with Gasteiger partial charge in [-0.05, 0) is 26.8 Å². The molecule has 0 atom stereocenters. The molecule has 0 aliphatic carbocycles. The number of aromatic nitrogens is 2. The van der Waals surface area contributed by atoms with E-state index in [0.29, 0.717) is 0 Å². The lowest BCUT2D eigenvalue weighted by Gasteiger charge is -2.21. The minimum absolute atomic E-state index is 0.0899. The molecule has 3 heteroatoms. The number of halogens is 1. The van der Waals surface area contributed by atoms with Crippen LogP contribution in [0.2, 0.25) is 0 Å². The molecular weight excluding hydrogens is 204 g/mol. The van der Waals surface area contributed by atoms with Gasteiger partial charge in [0, 0.05) is 17.2 Å². The standard InChI is InChI=1S/C8H13BrN2/c1-8(2,3)11-7(6-9)4-5-10-11/h4-5H,6H2,1-3H3. The Morgan fingerprint density at radius 1 is 1.55 bits per heavy atom. The maximum atomic E-state index is 4.24.